The zero-order valence-electron chi connectivity index (χ0n) is 16.4. The van der Waals surface area contributed by atoms with E-state index in [-0.39, 0.29) is 5.92 Å². The van der Waals surface area contributed by atoms with Crippen molar-refractivity contribution in [3.63, 3.8) is 0 Å². The van der Waals surface area contributed by atoms with Crippen LogP contribution >= 0.6 is 0 Å². The Kier molecular flexibility index (Phi) is 4.50. The highest BCUT2D eigenvalue weighted by Crippen LogP contribution is 2.52. The van der Waals surface area contributed by atoms with E-state index in [9.17, 15) is 0 Å². The predicted molar refractivity (Wildman–Crippen MR) is 120 cm³/mol. The van der Waals surface area contributed by atoms with Crippen LogP contribution in [0.15, 0.2) is 109 Å². The van der Waals surface area contributed by atoms with Crippen LogP contribution in [0.4, 0.5) is 0 Å². The van der Waals surface area contributed by atoms with Crippen LogP contribution in [-0.2, 0) is 0 Å². The molecule has 0 spiro atoms. The Morgan fingerprint density at radius 2 is 1.21 bits per heavy atom. The van der Waals surface area contributed by atoms with Gasteiger partial charge in [-0.1, -0.05) is 97.1 Å². The predicted octanol–water partition coefficient (Wildman–Crippen LogP) is 6.80. The van der Waals surface area contributed by atoms with E-state index in [0.29, 0.717) is 0 Å². The van der Waals surface area contributed by atoms with E-state index in [1.807, 2.05) is 0 Å². The minimum Gasteiger partial charge on any atom is -0.497 e. The van der Waals surface area contributed by atoms with Crippen LogP contribution in [0, 0.1) is 0 Å². The van der Waals surface area contributed by atoms with E-state index in [1.165, 1.54) is 39.0 Å². The first-order valence-electron chi connectivity index (χ1n) is 9.95. The number of fused-ring (bicyclic) bond motifs is 1. The van der Waals surface area contributed by atoms with Gasteiger partial charge in [-0.15, -0.1) is 0 Å². The molecule has 1 nitrogen and oxygen atoms in total. The van der Waals surface area contributed by atoms with Crippen LogP contribution in [0.5, 0.6) is 5.75 Å². The number of methoxy groups -OCH3 is 1. The van der Waals surface area contributed by atoms with Crippen molar-refractivity contribution in [3.05, 3.63) is 137 Å². The van der Waals surface area contributed by atoms with Crippen LogP contribution in [0.3, 0.4) is 0 Å². The second-order valence-corrected chi connectivity index (χ2v) is 7.31. The highest BCUT2D eigenvalue weighted by Gasteiger charge is 2.33. The van der Waals surface area contributed by atoms with Crippen molar-refractivity contribution in [2.45, 2.75) is 5.92 Å². The fraction of sp³-hybridized carbons (Fsp3) is 0.0714. The average molecular weight is 374 g/mol. The van der Waals surface area contributed by atoms with Crippen molar-refractivity contribution in [2.24, 2.45) is 0 Å². The molecule has 1 aliphatic rings. The molecule has 1 heteroatoms. The highest BCUT2D eigenvalue weighted by atomic mass is 16.5. The van der Waals surface area contributed by atoms with Crippen LogP contribution in [0.2, 0.25) is 0 Å². The molecule has 0 saturated heterocycles. The van der Waals surface area contributed by atoms with Crippen molar-refractivity contribution in [1.29, 1.82) is 0 Å². The first-order valence-corrected chi connectivity index (χ1v) is 9.95. The molecule has 0 radical (unpaired) electrons. The third-order valence-corrected chi connectivity index (χ3v) is 5.70. The smallest absolute Gasteiger partial charge is 0.118 e. The molecule has 0 heterocycles. The summed E-state index contributed by atoms with van der Waals surface area (Å²) in [6.45, 7) is 0. The molecule has 5 rings (SSSR count). The summed E-state index contributed by atoms with van der Waals surface area (Å²) in [6.07, 6.45) is 0. The summed E-state index contributed by atoms with van der Waals surface area (Å²) in [5.74, 6) is 1.08. The fourth-order valence-corrected chi connectivity index (χ4v) is 4.41. The lowest BCUT2D eigenvalue weighted by molar-refractivity contribution is 0.415. The van der Waals surface area contributed by atoms with Gasteiger partial charge in [-0.2, -0.15) is 0 Å². The van der Waals surface area contributed by atoms with E-state index in [0.717, 1.165) is 5.75 Å². The lowest BCUT2D eigenvalue weighted by Gasteiger charge is -2.19. The molecule has 0 N–H and O–H groups in total. The zero-order valence-corrected chi connectivity index (χ0v) is 16.4. The Morgan fingerprint density at radius 1 is 0.586 bits per heavy atom. The molecule has 140 valence electrons. The standard InChI is InChI=1S/C28H22O/c1-29-23-18-16-22(17-19-23)28-26(20-10-4-2-5-11-20)24-14-8-9-15-25(24)27(28)21-12-6-3-7-13-21/h2-19,26H,1H3. The Morgan fingerprint density at radius 3 is 1.90 bits per heavy atom. The Bertz CT molecular complexity index is 1160. The lowest BCUT2D eigenvalue weighted by Crippen LogP contribution is -2.01. The molecule has 1 unspecified atom stereocenters. The Hall–Kier alpha value is -3.58. The van der Waals surface area contributed by atoms with Crippen molar-refractivity contribution < 1.29 is 4.74 Å². The van der Waals surface area contributed by atoms with Gasteiger partial charge in [0, 0.05) is 5.92 Å². The number of hydrogen-bond donors (Lipinski definition) is 0. The fourth-order valence-electron chi connectivity index (χ4n) is 4.41. The van der Waals surface area contributed by atoms with E-state index in [4.69, 9.17) is 4.74 Å². The van der Waals surface area contributed by atoms with E-state index >= 15 is 0 Å². The summed E-state index contributed by atoms with van der Waals surface area (Å²) in [4.78, 5) is 0. The van der Waals surface area contributed by atoms with Gasteiger partial charge in [0.15, 0.2) is 0 Å². The van der Waals surface area contributed by atoms with Gasteiger partial charge in [-0.3, -0.25) is 0 Å². The summed E-state index contributed by atoms with van der Waals surface area (Å²) in [5, 5.41) is 0. The van der Waals surface area contributed by atoms with E-state index in [2.05, 4.69) is 109 Å². The average Bonchev–Trinajstić information content (AvgIpc) is 3.15. The SMILES string of the molecule is COc1ccc(C2=C(c3ccccc3)c3ccccc3C2c2ccccc2)cc1. The van der Waals surface area contributed by atoms with Crippen molar-refractivity contribution in [2.75, 3.05) is 7.11 Å². The maximum absolute atomic E-state index is 5.40. The molecule has 0 aromatic heterocycles. The molecule has 1 atom stereocenters. The van der Waals surface area contributed by atoms with Crippen LogP contribution in [0.25, 0.3) is 11.1 Å². The molecule has 1 aliphatic carbocycles. The number of allylic oxidation sites excluding steroid dienone is 1. The normalized spacial score (nSPS) is 15.3. The molecule has 0 saturated carbocycles. The molecule has 29 heavy (non-hydrogen) atoms. The molecular weight excluding hydrogens is 352 g/mol. The van der Waals surface area contributed by atoms with Gasteiger partial charge in [0.25, 0.3) is 0 Å². The number of rotatable bonds is 4. The highest BCUT2D eigenvalue weighted by molar-refractivity contribution is 6.06. The summed E-state index contributed by atoms with van der Waals surface area (Å²) >= 11 is 0. The first-order chi connectivity index (χ1) is 14.4. The third-order valence-electron chi connectivity index (χ3n) is 5.70. The van der Waals surface area contributed by atoms with Gasteiger partial charge in [0.05, 0.1) is 7.11 Å². The zero-order chi connectivity index (χ0) is 19.6. The van der Waals surface area contributed by atoms with Crippen LogP contribution in [-0.4, -0.2) is 7.11 Å². The molecule has 0 aliphatic heterocycles. The van der Waals surface area contributed by atoms with Gasteiger partial charge in [0.2, 0.25) is 0 Å². The number of hydrogen-bond acceptors (Lipinski definition) is 1. The lowest BCUT2D eigenvalue weighted by atomic mass is 9.84. The topological polar surface area (TPSA) is 9.23 Å². The maximum Gasteiger partial charge on any atom is 0.118 e. The second-order valence-electron chi connectivity index (χ2n) is 7.31. The number of ether oxygens (including phenoxy) is 1. The Balaban J connectivity index is 1.82. The molecule has 0 bridgehead atoms. The third kappa shape index (κ3) is 3.05. The molecule has 4 aromatic carbocycles. The summed E-state index contributed by atoms with van der Waals surface area (Å²) in [7, 11) is 1.71. The molecular formula is C28H22O. The van der Waals surface area contributed by atoms with Crippen molar-refractivity contribution in [1.82, 2.24) is 0 Å². The van der Waals surface area contributed by atoms with Gasteiger partial charge in [0.1, 0.15) is 5.75 Å². The van der Waals surface area contributed by atoms with E-state index < -0.39 is 0 Å². The number of benzene rings is 4. The second kappa shape index (κ2) is 7.44. The summed E-state index contributed by atoms with van der Waals surface area (Å²) in [5.41, 5.74) is 9.16. The quantitative estimate of drug-likeness (QED) is 0.382. The van der Waals surface area contributed by atoms with Crippen molar-refractivity contribution >= 4 is 11.1 Å². The molecule has 0 amide bonds. The van der Waals surface area contributed by atoms with Gasteiger partial charge < -0.3 is 4.74 Å². The monoisotopic (exact) mass is 374 g/mol. The summed E-state index contributed by atoms with van der Waals surface area (Å²) < 4.78 is 5.40. The largest absolute Gasteiger partial charge is 0.497 e. The van der Waals surface area contributed by atoms with Crippen molar-refractivity contribution in [3.8, 4) is 5.75 Å². The van der Waals surface area contributed by atoms with E-state index in [1.54, 1.807) is 7.11 Å². The summed E-state index contributed by atoms with van der Waals surface area (Å²) in [6, 6.07) is 38.8. The first kappa shape index (κ1) is 17.5. The van der Waals surface area contributed by atoms with Crippen LogP contribution < -0.4 is 4.74 Å². The van der Waals surface area contributed by atoms with Gasteiger partial charge in [-0.05, 0) is 51.1 Å². The molecule has 0 fully saturated rings. The van der Waals surface area contributed by atoms with Gasteiger partial charge >= 0.3 is 0 Å². The van der Waals surface area contributed by atoms with Gasteiger partial charge in [-0.25, -0.2) is 0 Å². The Labute approximate surface area is 171 Å². The molecule has 4 aromatic rings. The minimum atomic E-state index is 0.205. The maximum atomic E-state index is 5.40. The van der Waals surface area contributed by atoms with Crippen LogP contribution in [0.1, 0.15) is 33.7 Å². The minimum absolute atomic E-state index is 0.205.